The highest BCUT2D eigenvalue weighted by molar-refractivity contribution is 7.89. The standard InChI is InChI=1S/C27H31F4N5O3S/c1-18(33-40(37,38)23-4-2-3-20(15-23)27(29,30)31)13-22-17-36(34-32-22)25-9-12-39-26-14-19(5-6-24(25)26)16-35-10-7-21(28)8-11-35/h2-6,14-15,17-18,21,25,33H,7-13,16H2,1H3/t18-,25?/m0/s1. The summed E-state index contributed by atoms with van der Waals surface area (Å²) in [5.41, 5.74) is 1.57. The number of likely N-dealkylation sites (tertiary alicyclic amines) is 1. The summed E-state index contributed by atoms with van der Waals surface area (Å²) in [6.45, 7) is 4.31. The van der Waals surface area contributed by atoms with E-state index in [4.69, 9.17) is 4.74 Å². The SMILES string of the molecule is C[C@@H](Cc1cn(C2CCOc3cc(CN4CCC(F)CC4)ccc32)nn1)NS(=O)(=O)c1cccc(C(F)(F)F)c1. The Morgan fingerprint density at radius 1 is 1.12 bits per heavy atom. The number of rotatable bonds is 8. The quantitative estimate of drug-likeness (QED) is 0.394. The molecule has 1 N–H and O–H groups in total. The number of piperidine rings is 1. The molecule has 1 fully saturated rings. The number of ether oxygens (including phenoxy) is 1. The molecule has 1 saturated heterocycles. The van der Waals surface area contributed by atoms with E-state index in [1.165, 1.54) is 0 Å². The largest absolute Gasteiger partial charge is 0.493 e. The average Bonchev–Trinajstić information content (AvgIpc) is 3.37. The maximum absolute atomic E-state index is 13.5. The van der Waals surface area contributed by atoms with Gasteiger partial charge in [-0.3, -0.25) is 4.90 Å². The van der Waals surface area contributed by atoms with Crippen LogP contribution < -0.4 is 9.46 Å². The maximum Gasteiger partial charge on any atom is 0.416 e. The van der Waals surface area contributed by atoms with E-state index in [9.17, 15) is 26.0 Å². The van der Waals surface area contributed by atoms with Crippen molar-refractivity contribution in [3.8, 4) is 5.75 Å². The second kappa shape index (κ2) is 11.5. The smallest absolute Gasteiger partial charge is 0.416 e. The normalized spacial score (nSPS) is 19.7. The number of hydrogen-bond acceptors (Lipinski definition) is 6. The molecule has 2 aliphatic rings. The molecule has 0 aliphatic carbocycles. The third kappa shape index (κ3) is 6.64. The predicted molar refractivity (Wildman–Crippen MR) is 139 cm³/mol. The molecule has 0 bridgehead atoms. The number of halogens is 4. The summed E-state index contributed by atoms with van der Waals surface area (Å²) < 4.78 is 88.1. The molecular formula is C27H31F4N5O3S. The van der Waals surface area contributed by atoms with Crippen LogP contribution >= 0.6 is 0 Å². The van der Waals surface area contributed by atoms with Gasteiger partial charge in [-0.25, -0.2) is 22.2 Å². The minimum Gasteiger partial charge on any atom is -0.493 e. The number of nitrogens with zero attached hydrogens (tertiary/aromatic N) is 4. The summed E-state index contributed by atoms with van der Waals surface area (Å²) in [6.07, 6.45) is -1.61. The molecule has 2 aromatic carbocycles. The van der Waals surface area contributed by atoms with E-state index in [0.717, 1.165) is 54.7 Å². The minimum absolute atomic E-state index is 0.113. The zero-order valence-corrected chi connectivity index (χ0v) is 22.8. The van der Waals surface area contributed by atoms with Gasteiger partial charge in [-0.2, -0.15) is 13.2 Å². The Hall–Kier alpha value is -3.03. The molecule has 0 radical (unpaired) electrons. The number of aromatic nitrogens is 3. The van der Waals surface area contributed by atoms with Gasteiger partial charge >= 0.3 is 6.18 Å². The summed E-state index contributed by atoms with van der Waals surface area (Å²) >= 11 is 0. The van der Waals surface area contributed by atoms with Crippen LogP contribution in [-0.4, -0.2) is 60.2 Å². The lowest BCUT2D eigenvalue weighted by molar-refractivity contribution is -0.137. The molecule has 0 saturated carbocycles. The van der Waals surface area contributed by atoms with Gasteiger partial charge in [0.05, 0.1) is 28.8 Å². The highest BCUT2D eigenvalue weighted by atomic mass is 32.2. The predicted octanol–water partition coefficient (Wildman–Crippen LogP) is 4.51. The average molecular weight is 582 g/mol. The fourth-order valence-corrected chi connectivity index (χ4v) is 6.48. The van der Waals surface area contributed by atoms with Crippen molar-refractivity contribution in [2.75, 3.05) is 19.7 Å². The molecule has 0 spiro atoms. The Kier molecular flexibility index (Phi) is 8.16. The van der Waals surface area contributed by atoms with E-state index in [1.54, 1.807) is 17.8 Å². The molecule has 5 rings (SSSR count). The van der Waals surface area contributed by atoms with Gasteiger partial charge in [-0.1, -0.05) is 23.4 Å². The Bertz CT molecular complexity index is 1440. The molecule has 216 valence electrons. The fourth-order valence-electron chi connectivity index (χ4n) is 5.19. The van der Waals surface area contributed by atoms with Gasteiger partial charge in [-0.05, 0) is 49.6 Å². The molecule has 0 amide bonds. The van der Waals surface area contributed by atoms with Gasteiger partial charge in [0, 0.05) is 50.3 Å². The zero-order valence-electron chi connectivity index (χ0n) is 21.9. The summed E-state index contributed by atoms with van der Waals surface area (Å²) in [4.78, 5) is 1.78. The van der Waals surface area contributed by atoms with E-state index in [1.807, 2.05) is 18.2 Å². The summed E-state index contributed by atoms with van der Waals surface area (Å²) in [5.74, 6) is 0.772. The number of benzene rings is 2. The van der Waals surface area contributed by atoms with E-state index < -0.39 is 38.9 Å². The van der Waals surface area contributed by atoms with Crippen molar-refractivity contribution in [2.24, 2.45) is 0 Å². The van der Waals surface area contributed by atoms with Gasteiger partial charge in [0.2, 0.25) is 10.0 Å². The lowest BCUT2D eigenvalue weighted by atomic mass is 9.98. The van der Waals surface area contributed by atoms with Crippen LogP contribution in [0.25, 0.3) is 0 Å². The molecule has 1 unspecified atom stereocenters. The van der Waals surface area contributed by atoms with Gasteiger partial charge in [0.15, 0.2) is 0 Å². The number of hydrogen-bond donors (Lipinski definition) is 1. The van der Waals surface area contributed by atoms with Crippen LogP contribution in [0, 0.1) is 0 Å². The fraction of sp³-hybridized carbons (Fsp3) is 0.481. The van der Waals surface area contributed by atoms with Crippen molar-refractivity contribution in [3.63, 3.8) is 0 Å². The highest BCUT2D eigenvalue weighted by Gasteiger charge is 2.32. The second-order valence-electron chi connectivity index (χ2n) is 10.4. The van der Waals surface area contributed by atoms with Crippen molar-refractivity contribution in [3.05, 3.63) is 71.0 Å². The van der Waals surface area contributed by atoms with Crippen LogP contribution in [0.5, 0.6) is 5.75 Å². The molecule has 13 heteroatoms. The van der Waals surface area contributed by atoms with Crippen LogP contribution in [-0.2, 0) is 29.2 Å². The second-order valence-corrected chi connectivity index (χ2v) is 12.1. The maximum atomic E-state index is 13.5. The van der Waals surface area contributed by atoms with Gasteiger partial charge < -0.3 is 4.74 Å². The van der Waals surface area contributed by atoms with Crippen LogP contribution in [0.15, 0.2) is 53.6 Å². The Morgan fingerprint density at radius 2 is 1.90 bits per heavy atom. The number of nitrogens with one attached hydrogen (secondary N) is 1. The van der Waals surface area contributed by atoms with Crippen LogP contribution in [0.4, 0.5) is 17.6 Å². The zero-order chi connectivity index (χ0) is 28.5. The molecule has 3 heterocycles. The third-order valence-corrected chi connectivity index (χ3v) is 8.82. The van der Waals surface area contributed by atoms with Crippen molar-refractivity contribution in [2.45, 2.75) is 68.5 Å². The first-order chi connectivity index (χ1) is 19.0. The monoisotopic (exact) mass is 581 g/mol. The van der Waals surface area contributed by atoms with Crippen molar-refractivity contribution in [1.29, 1.82) is 0 Å². The molecular weight excluding hydrogens is 550 g/mol. The number of fused-ring (bicyclic) bond motifs is 1. The van der Waals surface area contributed by atoms with Gasteiger partial charge in [-0.15, -0.1) is 5.10 Å². The molecule has 40 heavy (non-hydrogen) atoms. The first-order valence-corrected chi connectivity index (χ1v) is 14.7. The third-order valence-electron chi connectivity index (χ3n) is 7.23. The van der Waals surface area contributed by atoms with Crippen molar-refractivity contribution < 1.29 is 30.7 Å². The molecule has 2 atom stereocenters. The Labute approximate surface area is 230 Å². The topological polar surface area (TPSA) is 89.3 Å². The summed E-state index contributed by atoms with van der Waals surface area (Å²) in [5, 5.41) is 8.48. The van der Waals surface area contributed by atoms with E-state index in [-0.39, 0.29) is 12.5 Å². The van der Waals surface area contributed by atoms with Crippen molar-refractivity contribution >= 4 is 10.0 Å². The summed E-state index contributed by atoms with van der Waals surface area (Å²) in [7, 11) is -4.18. The Morgan fingerprint density at radius 3 is 2.65 bits per heavy atom. The summed E-state index contributed by atoms with van der Waals surface area (Å²) in [6, 6.07) is 8.96. The van der Waals surface area contributed by atoms with E-state index in [2.05, 4.69) is 19.9 Å². The Balaban J connectivity index is 1.23. The first-order valence-electron chi connectivity index (χ1n) is 13.2. The molecule has 1 aromatic heterocycles. The van der Waals surface area contributed by atoms with E-state index >= 15 is 0 Å². The first kappa shape index (κ1) is 28.5. The molecule has 2 aliphatic heterocycles. The van der Waals surface area contributed by atoms with Gasteiger partial charge in [0.1, 0.15) is 11.9 Å². The van der Waals surface area contributed by atoms with E-state index in [0.29, 0.717) is 37.6 Å². The minimum atomic E-state index is -4.65. The number of sulfonamides is 1. The highest BCUT2D eigenvalue weighted by Crippen LogP contribution is 2.35. The number of alkyl halides is 4. The van der Waals surface area contributed by atoms with Crippen molar-refractivity contribution in [1.82, 2.24) is 24.6 Å². The van der Waals surface area contributed by atoms with Crippen LogP contribution in [0.3, 0.4) is 0 Å². The van der Waals surface area contributed by atoms with Gasteiger partial charge in [0.25, 0.3) is 0 Å². The molecule has 8 nitrogen and oxygen atoms in total. The molecule has 3 aromatic rings. The van der Waals surface area contributed by atoms with Crippen LogP contribution in [0.1, 0.15) is 54.6 Å². The van der Waals surface area contributed by atoms with Crippen LogP contribution in [0.2, 0.25) is 0 Å². The lowest BCUT2D eigenvalue weighted by Crippen LogP contribution is -2.34. The lowest BCUT2D eigenvalue weighted by Gasteiger charge is -2.30.